The van der Waals surface area contributed by atoms with Crippen LogP contribution in [0.4, 0.5) is 5.69 Å². The van der Waals surface area contributed by atoms with E-state index >= 15 is 0 Å². The summed E-state index contributed by atoms with van der Waals surface area (Å²) in [6.07, 6.45) is 2.60. The van der Waals surface area contributed by atoms with E-state index in [4.69, 9.17) is 5.73 Å². The molecule has 18 heavy (non-hydrogen) atoms. The fraction of sp³-hybridized carbons (Fsp3) is 0.462. The Balaban J connectivity index is 0.00000162. The molecule has 1 aromatic carbocycles. The van der Waals surface area contributed by atoms with E-state index in [0.717, 1.165) is 19.3 Å². The first-order valence-corrected chi connectivity index (χ1v) is 5.98. The van der Waals surface area contributed by atoms with Gasteiger partial charge in [-0.2, -0.15) is 0 Å². The smallest absolute Gasteiger partial charge is 0.251 e. The quantitative estimate of drug-likeness (QED) is 0.730. The average molecular weight is 271 g/mol. The van der Waals surface area contributed by atoms with Gasteiger partial charge in [-0.25, -0.2) is 0 Å². The molecule has 0 saturated heterocycles. The summed E-state index contributed by atoms with van der Waals surface area (Å²) in [7, 11) is 0. The molecule has 1 fully saturated rings. The maximum Gasteiger partial charge on any atom is 0.251 e. The SMILES string of the molecule is Cl.Nc1cccc(C(=O)NCC2CCCC2O)c1. The molecule has 100 valence electrons. The van der Waals surface area contributed by atoms with E-state index in [9.17, 15) is 9.90 Å². The molecule has 1 aliphatic rings. The molecule has 1 aliphatic carbocycles. The summed E-state index contributed by atoms with van der Waals surface area (Å²) < 4.78 is 0. The van der Waals surface area contributed by atoms with Crippen molar-refractivity contribution in [2.45, 2.75) is 25.4 Å². The Hall–Kier alpha value is -1.26. The molecule has 0 heterocycles. The molecule has 2 unspecified atom stereocenters. The Morgan fingerprint density at radius 3 is 2.83 bits per heavy atom. The molecule has 0 aliphatic heterocycles. The van der Waals surface area contributed by atoms with Crippen molar-refractivity contribution in [3.8, 4) is 0 Å². The summed E-state index contributed by atoms with van der Waals surface area (Å²) in [6, 6.07) is 6.89. The minimum Gasteiger partial charge on any atom is -0.399 e. The summed E-state index contributed by atoms with van der Waals surface area (Å²) in [5.41, 5.74) is 6.77. The fourth-order valence-electron chi connectivity index (χ4n) is 2.26. The number of hydrogen-bond donors (Lipinski definition) is 3. The monoisotopic (exact) mass is 270 g/mol. The van der Waals surface area contributed by atoms with Crippen LogP contribution in [0.15, 0.2) is 24.3 Å². The normalized spacial score (nSPS) is 22.3. The van der Waals surface area contributed by atoms with Crippen molar-refractivity contribution in [3.05, 3.63) is 29.8 Å². The fourth-order valence-corrected chi connectivity index (χ4v) is 2.26. The summed E-state index contributed by atoms with van der Waals surface area (Å²) in [4.78, 5) is 11.8. The highest BCUT2D eigenvalue weighted by Crippen LogP contribution is 2.24. The van der Waals surface area contributed by atoms with Crippen LogP contribution in [0.5, 0.6) is 0 Å². The standard InChI is InChI=1S/C13H18N2O2.ClH/c14-11-5-1-3-9(7-11)13(17)15-8-10-4-2-6-12(10)16;/h1,3,5,7,10,12,16H,2,4,6,8,14H2,(H,15,17);1H. The van der Waals surface area contributed by atoms with Crippen molar-refractivity contribution in [3.63, 3.8) is 0 Å². The van der Waals surface area contributed by atoms with Crippen molar-refractivity contribution in [1.29, 1.82) is 0 Å². The third-order valence-corrected chi connectivity index (χ3v) is 3.29. The summed E-state index contributed by atoms with van der Waals surface area (Å²) in [5, 5.41) is 12.5. The number of nitrogens with two attached hydrogens (primary N) is 1. The molecule has 4 nitrogen and oxygen atoms in total. The summed E-state index contributed by atoms with van der Waals surface area (Å²) in [6.45, 7) is 0.537. The number of carbonyl (C=O) groups excluding carboxylic acids is 1. The molecule has 5 heteroatoms. The largest absolute Gasteiger partial charge is 0.399 e. The second kappa shape index (κ2) is 6.61. The number of hydrogen-bond acceptors (Lipinski definition) is 3. The van der Waals surface area contributed by atoms with Gasteiger partial charge >= 0.3 is 0 Å². The Bertz CT molecular complexity index is 412. The van der Waals surface area contributed by atoms with Crippen LogP contribution in [-0.2, 0) is 0 Å². The second-order valence-corrected chi connectivity index (χ2v) is 4.59. The Kier molecular flexibility index (Phi) is 5.44. The lowest BCUT2D eigenvalue weighted by atomic mass is 10.1. The van der Waals surface area contributed by atoms with Crippen LogP contribution in [0.2, 0.25) is 0 Å². The third kappa shape index (κ3) is 3.62. The lowest BCUT2D eigenvalue weighted by molar-refractivity contribution is 0.0917. The van der Waals surface area contributed by atoms with Crippen LogP contribution in [0.3, 0.4) is 0 Å². The zero-order valence-corrected chi connectivity index (χ0v) is 11.0. The van der Waals surface area contributed by atoms with Gasteiger partial charge in [-0.15, -0.1) is 12.4 Å². The van der Waals surface area contributed by atoms with Gasteiger partial charge in [0.25, 0.3) is 5.91 Å². The van der Waals surface area contributed by atoms with Gasteiger partial charge < -0.3 is 16.2 Å². The topological polar surface area (TPSA) is 75.4 Å². The highest BCUT2D eigenvalue weighted by atomic mass is 35.5. The number of aliphatic hydroxyl groups is 1. The molecule has 0 bridgehead atoms. The van der Waals surface area contributed by atoms with E-state index in [0.29, 0.717) is 17.8 Å². The van der Waals surface area contributed by atoms with Crippen LogP contribution in [0.1, 0.15) is 29.6 Å². The number of rotatable bonds is 3. The second-order valence-electron chi connectivity index (χ2n) is 4.59. The minimum absolute atomic E-state index is 0. The van der Waals surface area contributed by atoms with Gasteiger partial charge in [0.15, 0.2) is 0 Å². The first-order valence-electron chi connectivity index (χ1n) is 5.98. The van der Waals surface area contributed by atoms with Gasteiger partial charge in [0.2, 0.25) is 0 Å². The molecule has 4 N–H and O–H groups in total. The third-order valence-electron chi connectivity index (χ3n) is 3.29. The first kappa shape index (κ1) is 14.8. The summed E-state index contributed by atoms with van der Waals surface area (Å²) in [5.74, 6) is 0.0661. The predicted octanol–water partition coefficient (Wildman–Crippen LogP) is 1.58. The van der Waals surface area contributed by atoms with Gasteiger partial charge in [0.1, 0.15) is 0 Å². The van der Waals surface area contributed by atoms with Crippen molar-refractivity contribution < 1.29 is 9.90 Å². The molecule has 0 aromatic heterocycles. The van der Waals surface area contributed by atoms with Crippen LogP contribution < -0.4 is 11.1 Å². The number of aliphatic hydroxyl groups excluding tert-OH is 1. The van der Waals surface area contributed by atoms with E-state index < -0.39 is 0 Å². The molecule has 1 aromatic rings. The number of nitrogens with one attached hydrogen (secondary N) is 1. The maximum atomic E-state index is 11.8. The van der Waals surface area contributed by atoms with Crippen LogP contribution in [0.25, 0.3) is 0 Å². The van der Waals surface area contributed by atoms with Crippen LogP contribution in [-0.4, -0.2) is 23.7 Å². The highest BCUT2D eigenvalue weighted by Gasteiger charge is 2.25. The number of carbonyl (C=O) groups is 1. The predicted molar refractivity (Wildman–Crippen MR) is 73.8 cm³/mol. The number of benzene rings is 1. The Morgan fingerprint density at radius 2 is 2.22 bits per heavy atom. The molecular formula is C13H19ClN2O2. The number of amides is 1. The number of halogens is 1. The number of anilines is 1. The Morgan fingerprint density at radius 1 is 1.44 bits per heavy atom. The van der Waals surface area contributed by atoms with Crippen molar-refractivity contribution >= 4 is 24.0 Å². The highest BCUT2D eigenvalue weighted by molar-refractivity contribution is 5.94. The average Bonchev–Trinajstić information content (AvgIpc) is 2.72. The molecular weight excluding hydrogens is 252 g/mol. The lowest BCUT2D eigenvalue weighted by Crippen LogP contribution is -2.32. The van der Waals surface area contributed by atoms with E-state index in [1.807, 2.05) is 0 Å². The first-order chi connectivity index (χ1) is 8.16. The molecule has 0 spiro atoms. The molecule has 2 atom stereocenters. The molecule has 1 amide bonds. The zero-order chi connectivity index (χ0) is 12.3. The number of nitrogen functional groups attached to an aromatic ring is 1. The van der Waals surface area contributed by atoms with Gasteiger partial charge in [-0.3, -0.25) is 4.79 Å². The lowest BCUT2D eigenvalue weighted by Gasteiger charge is -2.15. The van der Waals surface area contributed by atoms with E-state index in [-0.39, 0.29) is 30.3 Å². The summed E-state index contributed by atoms with van der Waals surface area (Å²) >= 11 is 0. The van der Waals surface area contributed by atoms with Crippen LogP contribution >= 0.6 is 12.4 Å². The van der Waals surface area contributed by atoms with Gasteiger partial charge in [0.05, 0.1) is 6.10 Å². The molecule has 2 rings (SSSR count). The molecule has 0 radical (unpaired) electrons. The van der Waals surface area contributed by atoms with Gasteiger partial charge in [0, 0.05) is 23.7 Å². The van der Waals surface area contributed by atoms with Crippen LogP contribution in [0, 0.1) is 5.92 Å². The van der Waals surface area contributed by atoms with Crippen molar-refractivity contribution in [1.82, 2.24) is 5.32 Å². The van der Waals surface area contributed by atoms with E-state index in [2.05, 4.69) is 5.32 Å². The van der Waals surface area contributed by atoms with E-state index in [1.54, 1.807) is 24.3 Å². The minimum atomic E-state index is -0.267. The van der Waals surface area contributed by atoms with Crippen molar-refractivity contribution in [2.75, 3.05) is 12.3 Å². The van der Waals surface area contributed by atoms with Gasteiger partial charge in [-0.05, 0) is 31.0 Å². The van der Waals surface area contributed by atoms with Gasteiger partial charge in [-0.1, -0.05) is 12.5 Å². The maximum absolute atomic E-state index is 11.8. The van der Waals surface area contributed by atoms with E-state index in [1.165, 1.54) is 0 Å². The van der Waals surface area contributed by atoms with Crippen molar-refractivity contribution in [2.24, 2.45) is 5.92 Å². The molecule has 1 saturated carbocycles. The zero-order valence-electron chi connectivity index (χ0n) is 10.1. The Labute approximate surface area is 113 Å².